The number of halogens is 2. The highest BCUT2D eigenvalue weighted by Gasteiger charge is 2.02. The molecular formula is C10H9Br2N3S. The molecule has 0 saturated heterocycles. The molecule has 0 unspecified atom stereocenters. The van der Waals surface area contributed by atoms with Crippen LogP contribution in [-0.4, -0.2) is 9.97 Å². The minimum atomic E-state index is 0.728. The van der Waals surface area contributed by atoms with E-state index in [-0.39, 0.29) is 0 Å². The number of hydrogen-bond acceptors (Lipinski definition) is 4. The van der Waals surface area contributed by atoms with Crippen LogP contribution in [0.3, 0.4) is 0 Å². The molecule has 84 valence electrons. The fourth-order valence-corrected chi connectivity index (χ4v) is 2.89. The molecule has 1 N–H and O–H groups in total. The number of aromatic nitrogens is 2. The lowest BCUT2D eigenvalue weighted by atomic mass is 10.3. The van der Waals surface area contributed by atoms with Gasteiger partial charge in [0.1, 0.15) is 0 Å². The maximum Gasteiger partial charge on any atom is 0.0795 e. The Hall–Kier alpha value is -0.300. The lowest BCUT2D eigenvalue weighted by Gasteiger charge is -2.05. The van der Waals surface area contributed by atoms with Gasteiger partial charge in [0.15, 0.2) is 0 Å². The second kappa shape index (κ2) is 5.86. The molecule has 16 heavy (non-hydrogen) atoms. The van der Waals surface area contributed by atoms with Crippen LogP contribution in [-0.2, 0) is 13.1 Å². The van der Waals surface area contributed by atoms with Crippen molar-refractivity contribution in [2.75, 3.05) is 0 Å². The lowest BCUT2D eigenvalue weighted by Crippen LogP contribution is -2.14. The van der Waals surface area contributed by atoms with Crippen LogP contribution >= 0.6 is 43.2 Å². The van der Waals surface area contributed by atoms with Crippen molar-refractivity contribution < 1.29 is 0 Å². The molecule has 2 heterocycles. The van der Waals surface area contributed by atoms with Crippen molar-refractivity contribution in [3.8, 4) is 0 Å². The molecule has 0 aliphatic carbocycles. The van der Waals surface area contributed by atoms with Crippen molar-refractivity contribution >= 4 is 43.2 Å². The van der Waals surface area contributed by atoms with Gasteiger partial charge in [-0.3, -0.25) is 4.98 Å². The van der Waals surface area contributed by atoms with Gasteiger partial charge in [-0.2, -0.15) is 0 Å². The van der Waals surface area contributed by atoms with Gasteiger partial charge in [-0.25, -0.2) is 4.98 Å². The minimum absolute atomic E-state index is 0.728. The predicted molar refractivity (Wildman–Crippen MR) is 72.3 cm³/mol. The van der Waals surface area contributed by atoms with Crippen LogP contribution in [0.15, 0.2) is 32.1 Å². The summed E-state index contributed by atoms with van der Waals surface area (Å²) in [6.07, 6.45) is 1.80. The Morgan fingerprint density at radius 2 is 2.12 bits per heavy atom. The SMILES string of the molecule is Brc1cnc(CNCc2cscn2)c(Br)c1. The smallest absolute Gasteiger partial charge is 0.0795 e. The topological polar surface area (TPSA) is 37.8 Å². The normalized spacial score (nSPS) is 10.6. The standard InChI is InChI=1S/C10H9Br2N3S/c11-7-1-9(12)10(14-2-7)4-13-3-8-5-16-6-15-8/h1-2,5-6,13H,3-4H2. The Labute approximate surface area is 115 Å². The van der Waals surface area contributed by atoms with Gasteiger partial charge in [0.05, 0.1) is 16.9 Å². The van der Waals surface area contributed by atoms with Gasteiger partial charge in [0, 0.05) is 33.6 Å². The third-order valence-electron chi connectivity index (χ3n) is 1.97. The Morgan fingerprint density at radius 3 is 2.81 bits per heavy atom. The van der Waals surface area contributed by atoms with Crippen molar-refractivity contribution in [3.63, 3.8) is 0 Å². The van der Waals surface area contributed by atoms with E-state index in [1.165, 1.54) is 0 Å². The highest BCUT2D eigenvalue weighted by molar-refractivity contribution is 9.11. The molecule has 0 bridgehead atoms. The first-order valence-corrected chi connectivity index (χ1v) is 7.16. The second-order valence-electron chi connectivity index (χ2n) is 3.17. The lowest BCUT2D eigenvalue weighted by molar-refractivity contribution is 0.667. The number of pyridine rings is 1. The van der Waals surface area contributed by atoms with Crippen LogP contribution in [0.1, 0.15) is 11.4 Å². The summed E-state index contributed by atoms with van der Waals surface area (Å²) in [7, 11) is 0. The van der Waals surface area contributed by atoms with Crippen LogP contribution in [0, 0.1) is 0 Å². The zero-order chi connectivity index (χ0) is 11.4. The minimum Gasteiger partial charge on any atom is -0.305 e. The van der Waals surface area contributed by atoms with E-state index >= 15 is 0 Å². The van der Waals surface area contributed by atoms with Crippen molar-refractivity contribution in [1.29, 1.82) is 0 Å². The molecule has 0 saturated carbocycles. The maximum atomic E-state index is 4.32. The summed E-state index contributed by atoms with van der Waals surface area (Å²) in [6, 6.07) is 1.99. The molecular weight excluding hydrogens is 354 g/mol. The van der Waals surface area contributed by atoms with Crippen LogP contribution in [0.5, 0.6) is 0 Å². The Morgan fingerprint density at radius 1 is 1.25 bits per heavy atom. The third-order valence-corrected chi connectivity index (χ3v) is 3.72. The molecule has 0 aliphatic heterocycles. The quantitative estimate of drug-likeness (QED) is 0.906. The first-order chi connectivity index (χ1) is 7.75. The van der Waals surface area contributed by atoms with E-state index in [9.17, 15) is 0 Å². The highest BCUT2D eigenvalue weighted by atomic mass is 79.9. The zero-order valence-electron chi connectivity index (χ0n) is 8.28. The highest BCUT2D eigenvalue weighted by Crippen LogP contribution is 2.19. The molecule has 2 aromatic heterocycles. The fourth-order valence-electron chi connectivity index (χ4n) is 1.21. The third kappa shape index (κ3) is 3.35. The Bertz CT molecular complexity index is 459. The molecule has 0 atom stereocenters. The summed E-state index contributed by atoms with van der Waals surface area (Å²) in [5.74, 6) is 0. The molecule has 0 aromatic carbocycles. The van der Waals surface area contributed by atoms with E-state index in [1.807, 2.05) is 17.0 Å². The summed E-state index contributed by atoms with van der Waals surface area (Å²) in [6.45, 7) is 1.50. The van der Waals surface area contributed by atoms with Gasteiger partial charge in [0.2, 0.25) is 0 Å². The predicted octanol–water partition coefficient (Wildman–Crippen LogP) is 3.35. The van der Waals surface area contributed by atoms with Crippen molar-refractivity contribution in [1.82, 2.24) is 15.3 Å². The summed E-state index contributed by atoms with van der Waals surface area (Å²) < 4.78 is 1.98. The average Bonchev–Trinajstić information content (AvgIpc) is 2.74. The first-order valence-electron chi connectivity index (χ1n) is 4.63. The largest absolute Gasteiger partial charge is 0.305 e. The van der Waals surface area contributed by atoms with E-state index in [4.69, 9.17) is 0 Å². The molecule has 0 amide bonds. The van der Waals surface area contributed by atoms with Gasteiger partial charge in [0.25, 0.3) is 0 Å². The van der Waals surface area contributed by atoms with Crippen LogP contribution in [0.4, 0.5) is 0 Å². The number of hydrogen-bond donors (Lipinski definition) is 1. The molecule has 2 rings (SSSR count). The Balaban J connectivity index is 1.90. The number of rotatable bonds is 4. The van der Waals surface area contributed by atoms with Crippen molar-refractivity contribution in [2.24, 2.45) is 0 Å². The summed E-state index contributed by atoms with van der Waals surface area (Å²) in [5.41, 5.74) is 3.90. The van der Waals surface area contributed by atoms with Crippen molar-refractivity contribution in [3.05, 3.63) is 43.5 Å². The van der Waals surface area contributed by atoms with E-state index in [0.29, 0.717) is 0 Å². The second-order valence-corrected chi connectivity index (χ2v) is 5.65. The molecule has 0 aliphatic rings. The van der Waals surface area contributed by atoms with Crippen molar-refractivity contribution in [2.45, 2.75) is 13.1 Å². The fraction of sp³-hybridized carbons (Fsp3) is 0.200. The Kier molecular flexibility index (Phi) is 4.45. The van der Waals surface area contributed by atoms with Gasteiger partial charge in [-0.05, 0) is 37.9 Å². The van der Waals surface area contributed by atoms with E-state index in [2.05, 4.69) is 47.1 Å². The van der Waals surface area contributed by atoms with E-state index < -0.39 is 0 Å². The molecule has 6 heteroatoms. The van der Waals surface area contributed by atoms with Gasteiger partial charge in [-0.1, -0.05) is 0 Å². The molecule has 0 spiro atoms. The molecule has 0 radical (unpaired) electrons. The maximum absolute atomic E-state index is 4.32. The molecule has 3 nitrogen and oxygen atoms in total. The first kappa shape index (κ1) is 12.2. The van der Waals surface area contributed by atoms with Crippen LogP contribution < -0.4 is 5.32 Å². The summed E-state index contributed by atoms with van der Waals surface area (Å²) >= 11 is 8.46. The van der Waals surface area contributed by atoms with Gasteiger partial charge < -0.3 is 5.32 Å². The van der Waals surface area contributed by atoms with Gasteiger partial charge >= 0.3 is 0 Å². The molecule has 0 fully saturated rings. The number of thiazole rings is 1. The van der Waals surface area contributed by atoms with Gasteiger partial charge in [-0.15, -0.1) is 11.3 Å². The van der Waals surface area contributed by atoms with E-state index in [1.54, 1.807) is 17.5 Å². The monoisotopic (exact) mass is 361 g/mol. The van der Waals surface area contributed by atoms with Crippen LogP contribution in [0.25, 0.3) is 0 Å². The summed E-state index contributed by atoms with van der Waals surface area (Å²) in [4.78, 5) is 8.52. The summed E-state index contributed by atoms with van der Waals surface area (Å²) in [5, 5.41) is 5.34. The number of nitrogens with one attached hydrogen (secondary N) is 1. The zero-order valence-corrected chi connectivity index (χ0v) is 12.3. The number of nitrogens with zero attached hydrogens (tertiary/aromatic N) is 2. The van der Waals surface area contributed by atoms with E-state index in [0.717, 1.165) is 33.4 Å². The van der Waals surface area contributed by atoms with Crippen LogP contribution in [0.2, 0.25) is 0 Å². The molecule has 2 aromatic rings. The average molecular weight is 363 g/mol.